The fraction of sp³-hybridized carbons (Fsp3) is 0.231. The van der Waals surface area contributed by atoms with Gasteiger partial charge in [-0.25, -0.2) is 18.2 Å². The van der Waals surface area contributed by atoms with Crippen molar-refractivity contribution in [1.29, 1.82) is 0 Å². The van der Waals surface area contributed by atoms with E-state index in [0.29, 0.717) is 12.8 Å². The molecule has 0 saturated heterocycles. The first kappa shape index (κ1) is 15.5. The molecule has 0 atom stereocenters. The summed E-state index contributed by atoms with van der Waals surface area (Å²) in [6.45, 7) is 0. The zero-order valence-electron chi connectivity index (χ0n) is 11.0. The van der Waals surface area contributed by atoms with Crippen molar-refractivity contribution >= 4 is 32.3 Å². The average Bonchev–Trinajstić information content (AvgIpc) is 2.87. The van der Waals surface area contributed by atoms with Crippen LogP contribution in [-0.4, -0.2) is 30.2 Å². The SMILES string of the molecule is O=C(O)c1ncsc1NS(=O)(=O)CCCc1ccccc1. The van der Waals surface area contributed by atoms with Crippen LogP contribution in [0.2, 0.25) is 0 Å². The molecule has 8 heteroatoms. The monoisotopic (exact) mass is 326 g/mol. The highest BCUT2D eigenvalue weighted by Crippen LogP contribution is 2.21. The molecule has 0 spiro atoms. The summed E-state index contributed by atoms with van der Waals surface area (Å²) < 4.78 is 26.2. The molecule has 0 unspecified atom stereocenters. The third-order valence-corrected chi connectivity index (χ3v) is 4.95. The van der Waals surface area contributed by atoms with Crippen LogP contribution in [0, 0.1) is 0 Å². The van der Waals surface area contributed by atoms with Gasteiger partial charge in [-0.1, -0.05) is 30.3 Å². The number of rotatable bonds is 7. The van der Waals surface area contributed by atoms with E-state index >= 15 is 0 Å². The smallest absolute Gasteiger partial charge is 0.357 e. The van der Waals surface area contributed by atoms with Crippen LogP contribution in [0.3, 0.4) is 0 Å². The number of carboxylic acid groups (broad SMARTS) is 1. The standard InChI is InChI=1S/C13H14N2O4S2/c16-13(17)11-12(20-9-14-11)15-21(18,19)8-4-7-10-5-2-1-3-6-10/h1-3,5-6,9,15H,4,7-8H2,(H,16,17). The molecule has 1 aromatic heterocycles. The number of hydrogen-bond acceptors (Lipinski definition) is 5. The van der Waals surface area contributed by atoms with E-state index in [1.54, 1.807) is 0 Å². The van der Waals surface area contributed by atoms with E-state index in [4.69, 9.17) is 5.11 Å². The van der Waals surface area contributed by atoms with E-state index in [1.165, 1.54) is 5.51 Å². The molecule has 0 fully saturated rings. The number of carbonyl (C=O) groups is 1. The molecule has 0 aliphatic rings. The average molecular weight is 326 g/mol. The topological polar surface area (TPSA) is 96.4 Å². The molecule has 1 heterocycles. The van der Waals surface area contributed by atoms with Crippen molar-refractivity contribution < 1.29 is 18.3 Å². The number of sulfonamides is 1. The number of hydrogen-bond donors (Lipinski definition) is 2. The first-order valence-corrected chi connectivity index (χ1v) is 8.72. The van der Waals surface area contributed by atoms with Crippen LogP contribution >= 0.6 is 11.3 Å². The number of carboxylic acids is 1. The van der Waals surface area contributed by atoms with Gasteiger partial charge < -0.3 is 5.11 Å². The van der Waals surface area contributed by atoms with E-state index in [0.717, 1.165) is 16.9 Å². The van der Waals surface area contributed by atoms with Crippen LogP contribution in [0.1, 0.15) is 22.5 Å². The van der Waals surface area contributed by atoms with Crippen molar-refractivity contribution in [3.05, 3.63) is 47.1 Å². The normalized spacial score (nSPS) is 11.2. The zero-order chi connectivity index (χ0) is 15.3. The molecule has 0 radical (unpaired) electrons. The number of thiazole rings is 1. The maximum atomic E-state index is 11.9. The van der Waals surface area contributed by atoms with Crippen molar-refractivity contribution in [2.24, 2.45) is 0 Å². The van der Waals surface area contributed by atoms with Gasteiger partial charge in [0.1, 0.15) is 5.00 Å². The number of aryl methyl sites for hydroxylation is 1. The first-order chi connectivity index (χ1) is 9.98. The summed E-state index contributed by atoms with van der Waals surface area (Å²) in [5.41, 5.74) is 2.09. The summed E-state index contributed by atoms with van der Waals surface area (Å²) in [7, 11) is -3.57. The van der Waals surface area contributed by atoms with Gasteiger partial charge in [0, 0.05) is 0 Å². The van der Waals surface area contributed by atoms with Crippen LogP contribution < -0.4 is 4.72 Å². The predicted molar refractivity (Wildman–Crippen MR) is 81.2 cm³/mol. The van der Waals surface area contributed by atoms with Crippen molar-refractivity contribution in [3.8, 4) is 0 Å². The van der Waals surface area contributed by atoms with Gasteiger partial charge in [0.25, 0.3) is 0 Å². The van der Waals surface area contributed by atoms with Gasteiger partial charge in [-0.2, -0.15) is 0 Å². The summed E-state index contributed by atoms with van der Waals surface area (Å²) in [4.78, 5) is 14.5. The Balaban J connectivity index is 1.93. The Labute approximate surface area is 126 Å². The number of aromatic nitrogens is 1. The number of nitrogens with zero attached hydrogens (tertiary/aromatic N) is 1. The fourth-order valence-electron chi connectivity index (χ4n) is 1.77. The molecule has 2 rings (SSSR count). The minimum absolute atomic E-state index is 0.0437. The van der Waals surface area contributed by atoms with Crippen LogP contribution in [-0.2, 0) is 16.4 Å². The second-order valence-corrected chi connectivity index (χ2v) is 7.04. The Bertz CT molecular complexity index is 711. The molecule has 0 amide bonds. The van der Waals surface area contributed by atoms with Crippen LogP contribution in [0.15, 0.2) is 35.8 Å². The number of benzene rings is 1. The molecule has 6 nitrogen and oxygen atoms in total. The Morgan fingerprint density at radius 1 is 1.29 bits per heavy atom. The maximum absolute atomic E-state index is 11.9. The largest absolute Gasteiger partial charge is 0.476 e. The maximum Gasteiger partial charge on any atom is 0.357 e. The van der Waals surface area contributed by atoms with Crippen molar-refractivity contribution in [2.75, 3.05) is 10.5 Å². The first-order valence-electron chi connectivity index (χ1n) is 6.19. The lowest BCUT2D eigenvalue weighted by Crippen LogP contribution is -2.18. The van der Waals surface area contributed by atoms with Gasteiger partial charge in [0.2, 0.25) is 10.0 Å². The van der Waals surface area contributed by atoms with Gasteiger partial charge in [0.15, 0.2) is 5.69 Å². The summed E-state index contributed by atoms with van der Waals surface area (Å²) in [6, 6.07) is 9.58. The van der Waals surface area contributed by atoms with Crippen molar-refractivity contribution in [1.82, 2.24) is 4.98 Å². The van der Waals surface area contributed by atoms with Gasteiger partial charge in [-0.05, 0) is 18.4 Å². The molecule has 0 aliphatic carbocycles. The Kier molecular flexibility index (Phi) is 4.92. The molecule has 2 N–H and O–H groups in total. The van der Waals surface area contributed by atoms with Crippen LogP contribution in [0.25, 0.3) is 0 Å². The predicted octanol–water partition coefficient (Wildman–Crippen LogP) is 2.22. The van der Waals surface area contributed by atoms with Crippen molar-refractivity contribution in [2.45, 2.75) is 12.8 Å². The van der Waals surface area contributed by atoms with Gasteiger partial charge in [-0.3, -0.25) is 4.72 Å². The van der Waals surface area contributed by atoms with Crippen LogP contribution in [0.5, 0.6) is 0 Å². The molecule has 0 bridgehead atoms. The fourth-order valence-corrected chi connectivity index (χ4v) is 3.87. The summed E-state index contributed by atoms with van der Waals surface area (Å²) in [6.07, 6.45) is 1.11. The lowest BCUT2D eigenvalue weighted by molar-refractivity contribution is 0.0692. The highest BCUT2D eigenvalue weighted by molar-refractivity contribution is 7.92. The van der Waals surface area contributed by atoms with Crippen molar-refractivity contribution in [3.63, 3.8) is 0 Å². The van der Waals surface area contributed by atoms with Crippen LogP contribution in [0.4, 0.5) is 5.00 Å². The minimum Gasteiger partial charge on any atom is -0.476 e. The van der Waals surface area contributed by atoms with E-state index in [-0.39, 0.29) is 16.4 Å². The molecule has 0 aliphatic heterocycles. The number of aromatic carboxylic acids is 1. The molecule has 2 aromatic rings. The summed E-state index contributed by atoms with van der Waals surface area (Å²) >= 11 is 0.952. The van der Waals surface area contributed by atoms with Gasteiger partial charge in [0.05, 0.1) is 11.3 Å². The molecule has 0 saturated carbocycles. The van der Waals surface area contributed by atoms with E-state index in [2.05, 4.69) is 9.71 Å². The lowest BCUT2D eigenvalue weighted by Gasteiger charge is -2.06. The molecule has 21 heavy (non-hydrogen) atoms. The third-order valence-electron chi connectivity index (χ3n) is 2.74. The lowest BCUT2D eigenvalue weighted by atomic mass is 10.1. The van der Waals surface area contributed by atoms with Gasteiger partial charge >= 0.3 is 5.97 Å². The number of anilines is 1. The van der Waals surface area contributed by atoms with E-state index < -0.39 is 16.0 Å². The zero-order valence-corrected chi connectivity index (χ0v) is 12.7. The van der Waals surface area contributed by atoms with E-state index in [1.807, 2.05) is 30.3 Å². The molecule has 1 aromatic carbocycles. The second kappa shape index (κ2) is 6.68. The molecular weight excluding hydrogens is 312 g/mol. The second-order valence-electron chi connectivity index (χ2n) is 4.35. The summed E-state index contributed by atoms with van der Waals surface area (Å²) in [5, 5.41) is 8.93. The third kappa shape index (κ3) is 4.54. The Morgan fingerprint density at radius 3 is 2.67 bits per heavy atom. The quantitative estimate of drug-likeness (QED) is 0.813. The summed E-state index contributed by atoms with van der Waals surface area (Å²) in [5.74, 6) is -1.32. The highest BCUT2D eigenvalue weighted by Gasteiger charge is 2.18. The Morgan fingerprint density at radius 2 is 2.00 bits per heavy atom. The highest BCUT2D eigenvalue weighted by atomic mass is 32.2. The van der Waals surface area contributed by atoms with E-state index in [9.17, 15) is 13.2 Å². The minimum atomic E-state index is -3.57. The number of nitrogens with one attached hydrogen (secondary N) is 1. The molecule has 112 valence electrons. The van der Waals surface area contributed by atoms with Gasteiger partial charge in [-0.15, -0.1) is 11.3 Å². The Hall–Kier alpha value is -1.93. The molecular formula is C13H14N2O4S2.